The molecule has 2 aromatic carbocycles. The van der Waals surface area contributed by atoms with Crippen LogP contribution in [0.3, 0.4) is 0 Å². The fraction of sp³-hybridized carbons (Fsp3) is 0.278. The van der Waals surface area contributed by atoms with Crippen LogP contribution in [0, 0.1) is 0 Å². The number of benzene rings is 2. The third-order valence-corrected chi connectivity index (χ3v) is 4.10. The summed E-state index contributed by atoms with van der Waals surface area (Å²) in [7, 11) is 0. The van der Waals surface area contributed by atoms with E-state index in [9.17, 15) is 0 Å². The number of ether oxygens (including phenoxy) is 1. The van der Waals surface area contributed by atoms with E-state index in [1.54, 1.807) is 0 Å². The number of aromatic nitrogens is 2. The number of hydrogen-bond donors (Lipinski definition) is 1. The predicted molar refractivity (Wildman–Crippen MR) is 93.9 cm³/mol. The van der Waals surface area contributed by atoms with Gasteiger partial charge in [0.05, 0.1) is 23.6 Å². The first kappa shape index (κ1) is 15.8. The molecule has 0 saturated heterocycles. The summed E-state index contributed by atoms with van der Waals surface area (Å²) in [5.74, 6) is 1.72. The summed E-state index contributed by atoms with van der Waals surface area (Å²) < 4.78 is 7.96. The van der Waals surface area contributed by atoms with Crippen LogP contribution in [0.4, 0.5) is 0 Å². The minimum absolute atomic E-state index is 0.0714. The number of fused-ring (bicyclic) bond motifs is 1. The highest BCUT2D eigenvalue weighted by molar-refractivity contribution is 6.30. The average Bonchev–Trinajstić information content (AvgIpc) is 2.95. The molecule has 0 aliphatic heterocycles. The molecule has 0 aliphatic rings. The van der Waals surface area contributed by atoms with E-state index < -0.39 is 0 Å². The number of para-hydroxylation sites is 2. The predicted octanol–water partition coefficient (Wildman–Crippen LogP) is 4.18. The number of hydrogen-bond acceptors (Lipinski definition) is 3. The van der Waals surface area contributed by atoms with E-state index >= 15 is 0 Å². The molecule has 2 N–H and O–H groups in total. The summed E-state index contributed by atoms with van der Waals surface area (Å²) in [6.07, 6.45) is 0.849. The Morgan fingerprint density at radius 2 is 1.91 bits per heavy atom. The van der Waals surface area contributed by atoms with Crippen LogP contribution in [0.5, 0.6) is 5.75 Å². The summed E-state index contributed by atoms with van der Waals surface area (Å²) >= 11 is 5.88. The van der Waals surface area contributed by atoms with Crippen LogP contribution < -0.4 is 10.5 Å². The molecule has 0 radical (unpaired) electrons. The van der Waals surface area contributed by atoms with Crippen LogP contribution >= 0.6 is 11.6 Å². The van der Waals surface area contributed by atoms with Crippen molar-refractivity contribution in [2.75, 3.05) is 6.61 Å². The van der Waals surface area contributed by atoms with Gasteiger partial charge in [-0.1, -0.05) is 30.7 Å². The van der Waals surface area contributed by atoms with Crippen LogP contribution in [0.15, 0.2) is 48.5 Å². The zero-order chi connectivity index (χ0) is 16.2. The molecule has 0 saturated carbocycles. The molecule has 1 unspecified atom stereocenters. The number of halogens is 1. The van der Waals surface area contributed by atoms with Crippen LogP contribution in [0.2, 0.25) is 5.02 Å². The zero-order valence-corrected chi connectivity index (χ0v) is 13.8. The Morgan fingerprint density at radius 3 is 2.65 bits per heavy atom. The van der Waals surface area contributed by atoms with Crippen LogP contribution in [-0.2, 0) is 6.54 Å². The van der Waals surface area contributed by atoms with Crippen molar-refractivity contribution in [3.63, 3.8) is 0 Å². The maximum atomic E-state index is 6.22. The second-order valence-electron chi connectivity index (χ2n) is 5.43. The van der Waals surface area contributed by atoms with E-state index in [1.807, 2.05) is 42.5 Å². The Kier molecular flexibility index (Phi) is 4.84. The van der Waals surface area contributed by atoms with Crippen molar-refractivity contribution < 1.29 is 4.74 Å². The smallest absolute Gasteiger partial charge is 0.126 e. The zero-order valence-electron chi connectivity index (χ0n) is 13.1. The lowest BCUT2D eigenvalue weighted by Gasteiger charge is -2.14. The number of nitrogens with zero attached hydrogens (tertiary/aromatic N) is 2. The van der Waals surface area contributed by atoms with Crippen molar-refractivity contribution >= 4 is 22.6 Å². The largest absolute Gasteiger partial charge is 0.492 e. The molecule has 0 aliphatic carbocycles. The summed E-state index contributed by atoms with van der Waals surface area (Å²) in [5.41, 5.74) is 8.28. The highest BCUT2D eigenvalue weighted by Gasteiger charge is 2.15. The Labute approximate surface area is 140 Å². The Hall–Kier alpha value is -2.04. The van der Waals surface area contributed by atoms with E-state index in [2.05, 4.69) is 22.5 Å². The molecule has 0 fully saturated rings. The van der Waals surface area contributed by atoms with Gasteiger partial charge in [0.1, 0.15) is 18.2 Å². The highest BCUT2D eigenvalue weighted by atomic mass is 35.5. The van der Waals surface area contributed by atoms with Gasteiger partial charge in [-0.15, -0.1) is 0 Å². The van der Waals surface area contributed by atoms with Crippen LogP contribution in [-0.4, -0.2) is 16.2 Å². The second-order valence-corrected chi connectivity index (χ2v) is 5.86. The van der Waals surface area contributed by atoms with Gasteiger partial charge < -0.3 is 15.0 Å². The van der Waals surface area contributed by atoms with Gasteiger partial charge in [-0.3, -0.25) is 0 Å². The molecule has 1 aromatic heterocycles. The lowest BCUT2D eigenvalue weighted by atomic mass is 10.2. The fourth-order valence-corrected chi connectivity index (χ4v) is 2.71. The van der Waals surface area contributed by atoms with Crippen molar-refractivity contribution in [3.05, 3.63) is 59.4 Å². The first-order valence-corrected chi connectivity index (χ1v) is 8.16. The summed E-state index contributed by atoms with van der Waals surface area (Å²) in [4.78, 5) is 4.69. The van der Waals surface area contributed by atoms with Crippen molar-refractivity contribution in [2.24, 2.45) is 5.73 Å². The van der Waals surface area contributed by atoms with Crippen LogP contribution in [0.25, 0.3) is 11.0 Å². The first-order valence-electron chi connectivity index (χ1n) is 7.78. The van der Waals surface area contributed by atoms with E-state index in [-0.39, 0.29) is 6.04 Å². The van der Waals surface area contributed by atoms with Gasteiger partial charge >= 0.3 is 0 Å². The topological polar surface area (TPSA) is 53.1 Å². The van der Waals surface area contributed by atoms with Gasteiger partial charge in [0.15, 0.2) is 0 Å². The second kappa shape index (κ2) is 7.02. The molecule has 120 valence electrons. The Morgan fingerprint density at radius 1 is 1.17 bits per heavy atom. The summed E-state index contributed by atoms with van der Waals surface area (Å²) in [5, 5.41) is 0.703. The maximum absolute atomic E-state index is 6.22. The number of nitrogens with two attached hydrogens (primary N) is 1. The third-order valence-electron chi connectivity index (χ3n) is 3.85. The molecule has 0 amide bonds. The minimum atomic E-state index is -0.0714. The molecule has 0 bridgehead atoms. The molecule has 3 rings (SSSR count). The molecule has 3 aromatic rings. The Balaban J connectivity index is 1.79. The normalized spacial score (nSPS) is 12.5. The van der Waals surface area contributed by atoms with E-state index in [4.69, 9.17) is 22.1 Å². The molecular weight excluding hydrogens is 310 g/mol. The number of rotatable bonds is 6. The number of imidazole rings is 1. The van der Waals surface area contributed by atoms with Gasteiger partial charge in [0, 0.05) is 5.02 Å². The average molecular weight is 330 g/mol. The highest BCUT2D eigenvalue weighted by Crippen LogP contribution is 2.22. The van der Waals surface area contributed by atoms with Gasteiger partial charge in [0.2, 0.25) is 0 Å². The van der Waals surface area contributed by atoms with Gasteiger partial charge in [0.25, 0.3) is 0 Å². The quantitative estimate of drug-likeness (QED) is 0.738. The maximum Gasteiger partial charge on any atom is 0.126 e. The summed E-state index contributed by atoms with van der Waals surface area (Å²) in [6.45, 7) is 3.32. The Bertz CT molecular complexity index is 783. The van der Waals surface area contributed by atoms with Crippen molar-refractivity contribution in [1.82, 2.24) is 9.55 Å². The molecular formula is C18H20ClN3O. The first-order chi connectivity index (χ1) is 11.2. The minimum Gasteiger partial charge on any atom is -0.492 e. The molecule has 5 heteroatoms. The van der Waals surface area contributed by atoms with Gasteiger partial charge in [-0.05, 0) is 42.8 Å². The molecule has 1 heterocycles. The SMILES string of the molecule is CCC(N)c1nc2ccccc2n1CCOc1ccc(Cl)cc1. The lowest BCUT2D eigenvalue weighted by molar-refractivity contribution is 0.297. The van der Waals surface area contributed by atoms with Gasteiger partial charge in [-0.25, -0.2) is 4.98 Å². The standard InChI is InChI=1S/C18H20ClN3O/c1-2-15(20)18-21-16-5-3-4-6-17(16)22(18)11-12-23-14-9-7-13(19)8-10-14/h3-10,15H,2,11-12,20H2,1H3. The van der Waals surface area contributed by atoms with Gasteiger partial charge in [-0.2, -0.15) is 0 Å². The summed E-state index contributed by atoms with van der Waals surface area (Å²) in [6, 6.07) is 15.4. The molecule has 4 nitrogen and oxygen atoms in total. The van der Waals surface area contributed by atoms with E-state index in [1.165, 1.54) is 0 Å². The monoisotopic (exact) mass is 329 g/mol. The van der Waals surface area contributed by atoms with Crippen molar-refractivity contribution in [2.45, 2.75) is 25.9 Å². The fourth-order valence-electron chi connectivity index (χ4n) is 2.58. The molecule has 1 atom stereocenters. The van der Waals surface area contributed by atoms with E-state index in [0.29, 0.717) is 18.2 Å². The molecule has 23 heavy (non-hydrogen) atoms. The molecule has 0 spiro atoms. The van der Waals surface area contributed by atoms with Crippen molar-refractivity contribution in [3.8, 4) is 5.75 Å². The lowest BCUT2D eigenvalue weighted by Crippen LogP contribution is -2.18. The van der Waals surface area contributed by atoms with Crippen molar-refractivity contribution in [1.29, 1.82) is 0 Å². The van der Waals surface area contributed by atoms with E-state index in [0.717, 1.165) is 29.0 Å². The van der Waals surface area contributed by atoms with Crippen LogP contribution in [0.1, 0.15) is 25.2 Å². The third kappa shape index (κ3) is 3.49.